The smallest absolute Gasteiger partial charge is 0.0673 e. The summed E-state index contributed by atoms with van der Waals surface area (Å²) in [6.07, 6.45) is 5.81. The first-order valence-electron chi connectivity index (χ1n) is 5.68. The summed E-state index contributed by atoms with van der Waals surface area (Å²) in [5.41, 5.74) is 5.84. The Kier molecular flexibility index (Phi) is 4.25. The largest absolute Gasteiger partial charge is 0.271 e. The van der Waals surface area contributed by atoms with Crippen LogP contribution in [0.1, 0.15) is 22.9 Å². The molecule has 1 unspecified atom stereocenters. The van der Waals surface area contributed by atoms with Crippen LogP contribution in [0.15, 0.2) is 36.8 Å². The Morgan fingerprint density at radius 2 is 2.22 bits per heavy atom. The van der Waals surface area contributed by atoms with Gasteiger partial charge in [0.2, 0.25) is 0 Å². The number of hydrazine groups is 1. The van der Waals surface area contributed by atoms with Gasteiger partial charge < -0.3 is 0 Å². The Morgan fingerprint density at radius 1 is 1.39 bits per heavy atom. The summed E-state index contributed by atoms with van der Waals surface area (Å²) in [6.45, 7) is 2.03. The van der Waals surface area contributed by atoms with E-state index in [1.807, 2.05) is 25.1 Å². The molecule has 0 aliphatic carbocycles. The van der Waals surface area contributed by atoms with Gasteiger partial charge in [-0.05, 0) is 42.7 Å². The molecule has 0 aliphatic heterocycles. The van der Waals surface area contributed by atoms with Crippen molar-refractivity contribution in [1.82, 2.24) is 15.4 Å². The quantitative estimate of drug-likeness (QED) is 0.655. The van der Waals surface area contributed by atoms with E-state index >= 15 is 0 Å². The van der Waals surface area contributed by atoms with Crippen molar-refractivity contribution >= 4 is 11.6 Å². The average molecular weight is 263 g/mol. The van der Waals surface area contributed by atoms with E-state index in [4.69, 9.17) is 17.4 Å². The summed E-state index contributed by atoms with van der Waals surface area (Å²) in [4.78, 5) is 8.30. The van der Waals surface area contributed by atoms with E-state index in [1.54, 1.807) is 18.6 Å². The topological polar surface area (TPSA) is 63.8 Å². The van der Waals surface area contributed by atoms with Crippen molar-refractivity contribution in [1.29, 1.82) is 0 Å². The van der Waals surface area contributed by atoms with Crippen molar-refractivity contribution in [2.45, 2.75) is 19.4 Å². The van der Waals surface area contributed by atoms with Gasteiger partial charge in [-0.1, -0.05) is 11.6 Å². The molecule has 2 aromatic rings. The SMILES string of the molecule is Cc1ccnc(C(Cc2ccncc2Cl)NN)c1. The minimum atomic E-state index is -0.0650. The highest BCUT2D eigenvalue weighted by molar-refractivity contribution is 6.31. The number of aromatic nitrogens is 2. The van der Waals surface area contributed by atoms with Crippen molar-refractivity contribution in [3.63, 3.8) is 0 Å². The zero-order valence-electron chi connectivity index (χ0n) is 10.1. The summed E-state index contributed by atoms with van der Waals surface area (Å²) >= 11 is 6.09. The van der Waals surface area contributed by atoms with E-state index in [9.17, 15) is 0 Å². The lowest BCUT2D eigenvalue weighted by molar-refractivity contribution is 0.538. The Balaban J connectivity index is 2.23. The second-order valence-electron chi connectivity index (χ2n) is 4.15. The molecule has 2 heterocycles. The number of nitrogens with two attached hydrogens (primary N) is 1. The zero-order valence-corrected chi connectivity index (χ0v) is 10.9. The van der Waals surface area contributed by atoms with E-state index in [1.165, 1.54) is 0 Å². The van der Waals surface area contributed by atoms with Gasteiger partial charge in [0.25, 0.3) is 0 Å². The van der Waals surface area contributed by atoms with Crippen LogP contribution in [0.5, 0.6) is 0 Å². The third-order valence-corrected chi connectivity index (χ3v) is 3.12. The molecule has 0 saturated carbocycles. The number of hydrogen-bond donors (Lipinski definition) is 2. The van der Waals surface area contributed by atoms with Gasteiger partial charge in [0.05, 0.1) is 16.8 Å². The van der Waals surface area contributed by atoms with Gasteiger partial charge in [-0.3, -0.25) is 21.2 Å². The van der Waals surface area contributed by atoms with Crippen molar-refractivity contribution in [2.75, 3.05) is 0 Å². The summed E-state index contributed by atoms with van der Waals surface area (Å²) in [5.74, 6) is 5.60. The Morgan fingerprint density at radius 3 is 2.89 bits per heavy atom. The van der Waals surface area contributed by atoms with Crippen LogP contribution in [0.2, 0.25) is 5.02 Å². The first-order chi connectivity index (χ1) is 8.70. The number of nitrogens with one attached hydrogen (secondary N) is 1. The predicted molar refractivity (Wildman–Crippen MR) is 72.0 cm³/mol. The molecule has 4 nitrogen and oxygen atoms in total. The van der Waals surface area contributed by atoms with Gasteiger partial charge in [-0.25, -0.2) is 0 Å². The lowest BCUT2D eigenvalue weighted by atomic mass is 10.0. The molecule has 18 heavy (non-hydrogen) atoms. The highest BCUT2D eigenvalue weighted by Gasteiger charge is 2.13. The van der Waals surface area contributed by atoms with E-state index in [0.29, 0.717) is 11.4 Å². The van der Waals surface area contributed by atoms with Crippen LogP contribution in [-0.4, -0.2) is 9.97 Å². The predicted octanol–water partition coefficient (Wildman–Crippen LogP) is 2.19. The highest BCUT2D eigenvalue weighted by Crippen LogP contribution is 2.21. The molecule has 0 bridgehead atoms. The Bertz CT molecular complexity index is 530. The molecule has 0 spiro atoms. The number of rotatable bonds is 4. The van der Waals surface area contributed by atoms with Crippen molar-refractivity contribution in [3.05, 3.63) is 58.6 Å². The molecule has 5 heteroatoms. The maximum absolute atomic E-state index is 6.09. The first kappa shape index (κ1) is 13.0. The summed E-state index contributed by atoms with van der Waals surface area (Å²) in [6, 6.07) is 5.79. The lowest BCUT2D eigenvalue weighted by Gasteiger charge is -2.16. The second-order valence-corrected chi connectivity index (χ2v) is 4.56. The van der Waals surface area contributed by atoms with Gasteiger partial charge in [0, 0.05) is 18.6 Å². The molecular formula is C13H15ClN4. The zero-order chi connectivity index (χ0) is 13.0. The maximum atomic E-state index is 6.09. The van der Waals surface area contributed by atoms with E-state index in [-0.39, 0.29) is 6.04 Å². The van der Waals surface area contributed by atoms with E-state index < -0.39 is 0 Å². The van der Waals surface area contributed by atoms with Gasteiger partial charge >= 0.3 is 0 Å². The molecule has 94 valence electrons. The third kappa shape index (κ3) is 3.04. The molecular weight excluding hydrogens is 248 g/mol. The molecule has 2 rings (SSSR count). The van der Waals surface area contributed by atoms with Crippen LogP contribution in [-0.2, 0) is 6.42 Å². The van der Waals surface area contributed by atoms with Gasteiger partial charge in [-0.15, -0.1) is 0 Å². The highest BCUT2D eigenvalue weighted by atomic mass is 35.5. The number of hydrogen-bond acceptors (Lipinski definition) is 4. The van der Waals surface area contributed by atoms with Crippen molar-refractivity contribution in [3.8, 4) is 0 Å². The van der Waals surface area contributed by atoms with E-state index in [0.717, 1.165) is 16.8 Å². The number of halogens is 1. The molecule has 3 N–H and O–H groups in total. The fourth-order valence-corrected chi connectivity index (χ4v) is 1.98. The molecule has 0 radical (unpaired) electrons. The van der Waals surface area contributed by atoms with Crippen LogP contribution >= 0.6 is 11.6 Å². The monoisotopic (exact) mass is 262 g/mol. The Labute approximate surface area is 111 Å². The van der Waals surface area contributed by atoms with E-state index in [2.05, 4.69) is 15.4 Å². The summed E-state index contributed by atoms with van der Waals surface area (Å²) in [5, 5.41) is 0.644. The fraction of sp³-hybridized carbons (Fsp3) is 0.231. The van der Waals surface area contributed by atoms with Crippen molar-refractivity contribution < 1.29 is 0 Å². The molecule has 2 aromatic heterocycles. The summed E-state index contributed by atoms with van der Waals surface area (Å²) in [7, 11) is 0. The molecule has 0 fully saturated rings. The Hall–Kier alpha value is -1.49. The molecule has 0 saturated heterocycles. The van der Waals surface area contributed by atoms with Crippen LogP contribution in [0, 0.1) is 6.92 Å². The van der Waals surface area contributed by atoms with Crippen LogP contribution < -0.4 is 11.3 Å². The standard InChI is InChI=1S/C13H15ClN4/c1-9-2-5-17-12(6-9)13(18-15)7-10-3-4-16-8-11(10)14/h2-6,8,13,18H,7,15H2,1H3. The van der Waals surface area contributed by atoms with Crippen molar-refractivity contribution in [2.24, 2.45) is 5.84 Å². The van der Waals surface area contributed by atoms with Gasteiger partial charge in [-0.2, -0.15) is 0 Å². The number of nitrogens with zero attached hydrogens (tertiary/aromatic N) is 2. The maximum Gasteiger partial charge on any atom is 0.0673 e. The van der Waals surface area contributed by atoms with Crippen LogP contribution in [0.25, 0.3) is 0 Å². The first-order valence-corrected chi connectivity index (χ1v) is 6.05. The minimum absolute atomic E-state index is 0.0650. The second kappa shape index (κ2) is 5.91. The summed E-state index contributed by atoms with van der Waals surface area (Å²) < 4.78 is 0. The lowest BCUT2D eigenvalue weighted by Crippen LogP contribution is -2.30. The third-order valence-electron chi connectivity index (χ3n) is 2.78. The van der Waals surface area contributed by atoms with Gasteiger partial charge in [0.15, 0.2) is 0 Å². The molecule has 0 amide bonds. The fourth-order valence-electron chi connectivity index (χ4n) is 1.79. The minimum Gasteiger partial charge on any atom is -0.271 e. The molecule has 1 atom stereocenters. The van der Waals surface area contributed by atoms with Gasteiger partial charge in [0.1, 0.15) is 0 Å². The number of aryl methyl sites for hydroxylation is 1. The molecule has 0 aliphatic rings. The number of pyridine rings is 2. The van der Waals surface area contributed by atoms with Crippen LogP contribution in [0.3, 0.4) is 0 Å². The normalized spacial score (nSPS) is 12.4. The molecule has 0 aromatic carbocycles. The average Bonchev–Trinajstić information content (AvgIpc) is 2.38. The van der Waals surface area contributed by atoms with Crippen LogP contribution in [0.4, 0.5) is 0 Å².